The average molecular weight is 394 g/mol. The first-order valence-corrected chi connectivity index (χ1v) is 9.74. The molecular formula is C20H28BrNO2. The summed E-state index contributed by atoms with van der Waals surface area (Å²) in [6, 6.07) is 5.52. The van der Waals surface area contributed by atoms with Crippen LogP contribution in [0.1, 0.15) is 62.7 Å². The van der Waals surface area contributed by atoms with E-state index in [1.807, 2.05) is 18.2 Å². The first kappa shape index (κ1) is 19.0. The van der Waals surface area contributed by atoms with Gasteiger partial charge in [0.05, 0.1) is 11.1 Å². The molecule has 0 fully saturated rings. The van der Waals surface area contributed by atoms with Crippen molar-refractivity contribution in [2.45, 2.75) is 52.4 Å². The molecule has 0 heterocycles. The second-order valence-electron chi connectivity index (χ2n) is 6.79. The van der Waals surface area contributed by atoms with Crippen molar-refractivity contribution < 1.29 is 9.53 Å². The Kier molecular flexibility index (Phi) is 7.83. The molecule has 0 saturated heterocycles. The smallest absolute Gasteiger partial charge is 0.251 e. The third-order valence-corrected chi connectivity index (χ3v) is 4.88. The number of amides is 1. The van der Waals surface area contributed by atoms with E-state index in [-0.39, 0.29) is 5.91 Å². The number of allylic oxidation sites excluding steroid dienone is 1. The Morgan fingerprint density at radius 2 is 2.17 bits per heavy atom. The highest BCUT2D eigenvalue weighted by atomic mass is 79.9. The van der Waals surface area contributed by atoms with Crippen LogP contribution in [0.15, 0.2) is 34.3 Å². The fourth-order valence-electron chi connectivity index (χ4n) is 2.73. The maximum absolute atomic E-state index is 12.3. The highest BCUT2D eigenvalue weighted by Gasteiger charge is 2.10. The second-order valence-corrected chi connectivity index (χ2v) is 7.64. The lowest BCUT2D eigenvalue weighted by molar-refractivity contribution is 0.0954. The summed E-state index contributed by atoms with van der Waals surface area (Å²) in [4.78, 5) is 12.3. The van der Waals surface area contributed by atoms with Crippen molar-refractivity contribution in [2.75, 3.05) is 13.2 Å². The molecule has 0 aliphatic heterocycles. The number of ether oxygens (including phenoxy) is 1. The van der Waals surface area contributed by atoms with Gasteiger partial charge in [0.15, 0.2) is 0 Å². The zero-order valence-corrected chi connectivity index (χ0v) is 16.3. The highest BCUT2D eigenvalue weighted by molar-refractivity contribution is 9.10. The Morgan fingerprint density at radius 3 is 2.83 bits per heavy atom. The van der Waals surface area contributed by atoms with Gasteiger partial charge >= 0.3 is 0 Å². The third-order valence-electron chi connectivity index (χ3n) is 4.26. The summed E-state index contributed by atoms with van der Waals surface area (Å²) in [6.45, 7) is 5.75. The molecule has 24 heavy (non-hydrogen) atoms. The highest BCUT2D eigenvalue weighted by Crippen LogP contribution is 2.26. The summed E-state index contributed by atoms with van der Waals surface area (Å²) in [5.74, 6) is 1.38. The summed E-state index contributed by atoms with van der Waals surface area (Å²) in [5.41, 5.74) is 2.15. The molecule has 0 unspecified atom stereocenters. The lowest BCUT2D eigenvalue weighted by Crippen LogP contribution is -2.24. The van der Waals surface area contributed by atoms with E-state index >= 15 is 0 Å². The van der Waals surface area contributed by atoms with Crippen LogP contribution in [0.4, 0.5) is 0 Å². The maximum Gasteiger partial charge on any atom is 0.251 e. The van der Waals surface area contributed by atoms with Gasteiger partial charge in [0.25, 0.3) is 5.91 Å². The second kappa shape index (κ2) is 9.87. The van der Waals surface area contributed by atoms with Crippen LogP contribution < -0.4 is 10.1 Å². The molecule has 1 amide bonds. The Hall–Kier alpha value is -1.29. The van der Waals surface area contributed by atoms with E-state index in [2.05, 4.69) is 41.2 Å². The molecule has 3 nitrogen and oxygen atoms in total. The van der Waals surface area contributed by atoms with Crippen molar-refractivity contribution in [3.63, 3.8) is 0 Å². The van der Waals surface area contributed by atoms with Gasteiger partial charge in [-0.15, -0.1) is 0 Å². The van der Waals surface area contributed by atoms with Crippen LogP contribution in [0.25, 0.3) is 0 Å². The van der Waals surface area contributed by atoms with Gasteiger partial charge in [-0.1, -0.05) is 25.5 Å². The molecule has 0 bridgehead atoms. The molecule has 0 radical (unpaired) electrons. The largest absolute Gasteiger partial charge is 0.492 e. The van der Waals surface area contributed by atoms with Gasteiger partial charge in [-0.25, -0.2) is 0 Å². The topological polar surface area (TPSA) is 38.3 Å². The molecule has 1 aromatic carbocycles. The molecule has 1 aromatic rings. The van der Waals surface area contributed by atoms with E-state index in [1.165, 1.54) is 31.3 Å². The molecular weight excluding hydrogens is 366 g/mol. The quantitative estimate of drug-likeness (QED) is 0.592. The van der Waals surface area contributed by atoms with Crippen molar-refractivity contribution >= 4 is 21.8 Å². The number of benzene rings is 1. The first-order chi connectivity index (χ1) is 11.6. The van der Waals surface area contributed by atoms with Gasteiger partial charge in [0.2, 0.25) is 0 Å². The Bertz CT molecular complexity index is 581. The third kappa shape index (κ3) is 6.31. The van der Waals surface area contributed by atoms with E-state index in [4.69, 9.17) is 4.74 Å². The van der Waals surface area contributed by atoms with E-state index < -0.39 is 0 Å². The normalized spacial score (nSPS) is 14.4. The summed E-state index contributed by atoms with van der Waals surface area (Å²) in [7, 11) is 0. The van der Waals surface area contributed by atoms with Crippen molar-refractivity contribution in [1.29, 1.82) is 0 Å². The van der Waals surface area contributed by atoms with Crippen LogP contribution in [0.3, 0.4) is 0 Å². The van der Waals surface area contributed by atoms with Crippen LogP contribution in [0, 0.1) is 5.92 Å². The summed E-state index contributed by atoms with van der Waals surface area (Å²) >= 11 is 3.50. The van der Waals surface area contributed by atoms with Gasteiger partial charge in [0.1, 0.15) is 5.75 Å². The average Bonchev–Trinajstić information content (AvgIpc) is 2.57. The fraction of sp³-hybridized carbons (Fsp3) is 0.550. The Balaban J connectivity index is 1.81. The minimum atomic E-state index is -0.0270. The van der Waals surface area contributed by atoms with Crippen molar-refractivity contribution in [2.24, 2.45) is 5.92 Å². The number of rotatable bonds is 8. The molecule has 132 valence electrons. The van der Waals surface area contributed by atoms with Gasteiger partial charge in [-0.3, -0.25) is 4.79 Å². The predicted octanol–water partition coefficient (Wildman–Crippen LogP) is 5.49. The summed E-state index contributed by atoms with van der Waals surface area (Å²) in [5, 5.41) is 3.01. The number of carbonyl (C=O) groups excluding carboxylic acids is 1. The van der Waals surface area contributed by atoms with Crippen LogP contribution in [0.5, 0.6) is 5.75 Å². The van der Waals surface area contributed by atoms with E-state index in [1.54, 1.807) is 0 Å². The van der Waals surface area contributed by atoms with Crippen molar-refractivity contribution in [1.82, 2.24) is 5.32 Å². The zero-order chi connectivity index (χ0) is 17.4. The first-order valence-electron chi connectivity index (χ1n) is 8.94. The summed E-state index contributed by atoms with van der Waals surface area (Å²) < 4.78 is 6.58. The lowest BCUT2D eigenvalue weighted by atomic mass is 9.97. The van der Waals surface area contributed by atoms with E-state index in [0.29, 0.717) is 24.6 Å². The molecule has 4 heteroatoms. The van der Waals surface area contributed by atoms with Crippen LogP contribution in [0.2, 0.25) is 0 Å². The number of halogens is 1. The molecule has 0 saturated carbocycles. The molecule has 0 atom stereocenters. The Labute approximate surface area is 154 Å². The lowest BCUT2D eigenvalue weighted by Gasteiger charge is -2.13. The Morgan fingerprint density at radius 1 is 1.33 bits per heavy atom. The standard InChI is InChI=1S/C20H28BrNO2/c1-15(2)11-13-24-19-9-8-17(14-18(19)21)20(23)22-12-10-16-6-4-3-5-7-16/h6,8-9,14-15H,3-5,7,10-13H2,1-2H3,(H,22,23). The maximum atomic E-state index is 12.3. The monoisotopic (exact) mass is 393 g/mol. The van der Waals surface area contributed by atoms with Gasteiger partial charge in [-0.2, -0.15) is 0 Å². The SMILES string of the molecule is CC(C)CCOc1ccc(C(=O)NCCC2=CCCCC2)cc1Br. The molecule has 1 aliphatic carbocycles. The van der Waals surface area contributed by atoms with Gasteiger partial charge in [0, 0.05) is 12.1 Å². The molecule has 2 rings (SSSR count). The predicted molar refractivity (Wildman–Crippen MR) is 103 cm³/mol. The molecule has 1 N–H and O–H groups in total. The van der Waals surface area contributed by atoms with Gasteiger partial charge in [-0.05, 0) is 78.6 Å². The minimum Gasteiger partial charge on any atom is -0.492 e. The van der Waals surface area contributed by atoms with Crippen LogP contribution in [-0.4, -0.2) is 19.1 Å². The van der Waals surface area contributed by atoms with Crippen LogP contribution >= 0.6 is 15.9 Å². The van der Waals surface area contributed by atoms with E-state index in [0.717, 1.165) is 23.1 Å². The van der Waals surface area contributed by atoms with Crippen molar-refractivity contribution in [3.8, 4) is 5.75 Å². The number of carbonyl (C=O) groups is 1. The summed E-state index contributed by atoms with van der Waals surface area (Å²) in [6.07, 6.45) is 9.27. The van der Waals surface area contributed by atoms with Crippen molar-refractivity contribution in [3.05, 3.63) is 39.9 Å². The number of hydrogen-bond donors (Lipinski definition) is 1. The number of hydrogen-bond acceptors (Lipinski definition) is 2. The minimum absolute atomic E-state index is 0.0270. The number of nitrogens with one attached hydrogen (secondary N) is 1. The van der Waals surface area contributed by atoms with Gasteiger partial charge < -0.3 is 10.1 Å². The zero-order valence-electron chi connectivity index (χ0n) is 14.7. The molecule has 1 aliphatic rings. The van der Waals surface area contributed by atoms with E-state index in [9.17, 15) is 4.79 Å². The molecule has 0 aromatic heterocycles. The molecule has 0 spiro atoms. The van der Waals surface area contributed by atoms with Crippen LogP contribution in [-0.2, 0) is 0 Å². The fourth-order valence-corrected chi connectivity index (χ4v) is 3.23.